The third-order valence-electron chi connectivity index (χ3n) is 1.94. The maximum Gasteiger partial charge on any atom is 0.119 e. The highest BCUT2D eigenvalue weighted by molar-refractivity contribution is 7.99. The average Bonchev–Trinajstić information content (AvgIpc) is 2.19. The van der Waals surface area contributed by atoms with E-state index < -0.39 is 0 Å². The summed E-state index contributed by atoms with van der Waals surface area (Å²) in [5, 5.41) is 0.684. The molecule has 13 heavy (non-hydrogen) atoms. The van der Waals surface area contributed by atoms with Crippen LogP contribution in [0.25, 0.3) is 0 Å². The first kappa shape index (κ1) is 10.5. The van der Waals surface area contributed by atoms with Gasteiger partial charge in [-0.05, 0) is 24.8 Å². The van der Waals surface area contributed by atoms with Crippen molar-refractivity contribution < 1.29 is 4.74 Å². The maximum atomic E-state index is 5.57. The lowest BCUT2D eigenvalue weighted by Crippen LogP contribution is -2.04. The van der Waals surface area contributed by atoms with Gasteiger partial charge >= 0.3 is 0 Å². The Labute approximate surface area is 84.5 Å². The van der Waals surface area contributed by atoms with Crippen LogP contribution in [0.2, 0.25) is 0 Å². The van der Waals surface area contributed by atoms with Crippen LogP contribution in [-0.2, 0) is 0 Å². The molecule has 0 saturated carbocycles. The van der Waals surface area contributed by atoms with E-state index in [0.29, 0.717) is 5.25 Å². The lowest BCUT2D eigenvalue weighted by atomic mass is 10.3. The fourth-order valence-electron chi connectivity index (χ4n) is 0.977. The Bertz CT molecular complexity index is 223. The average molecular weight is 196 g/mol. The van der Waals surface area contributed by atoms with E-state index in [-0.39, 0.29) is 0 Å². The van der Waals surface area contributed by atoms with E-state index in [1.807, 2.05) is 42.1 Å². The van der Waals surface area contributed by atoms with E-state index >= 15 is 0 Å². The van der Waals surface area contributed by atoms with Crippen LogP contribution in [0.5, 0.6) is 5.75 Å². The lowest BCUT2D eigenvalue weighted by Gasteiger charge is -2.09. The molecule has 1 aromatic rings. The van der Waals surface area contributed by atoms with Crippen molar-refractivity contribution >= 4 is 11.8 Å². The van der Waals surface area contributed by atoms with Crippen LogP contribution < -0.4 is 4.74 Å². The van der Waals surface area contributed by atoms with Gasteiger partial charge in [-0.3, -0.25) is 0 Å². The summed E-state index contributed by atoms with van der Waals surface area (Å²) in [6.45, 7) is 3.03. The molecular weight excluding hydrogens is 180 g/mol. The van der Waals surface area contributed by atoms with Gasteiger partial charge in [0.2, 0.25) is 0 Å². The highest BCUT2D eigenvalue weighted by Gasteiger charge is 1.98. The van der Waals surface area contributed by atoms with Crippen LogP contribution in [0.4, 0.5) is 0 Å². The van der Waals surface area contributed by atoms with Gasteiger partial charge in [-0.25, -0.2) is 0 Å². The number of para-hydroxylation sites is 1. The van der Waals surface area contributed by atoms with E-state index in [1.165, 1.54) is 0 Å². The van der Waals surface area contributed by atoms with Gasteiger partial charge in [-0.2, -0.15) is 11.8 Å². The van der Waals surface area contributed by atoms with Gasteiger partial charge in [-0.1, -0.05) is 25.1 Å². The third kappa shape index (κ3) is 4.23. The number of benzene rings is 1. The number of hydrogen-bond acceptors (Lipinski definition) is 2. The normalized spacial score (nSPS) is 12.5. The second-order valence-corrected chi connectivity index (χ2v) is 4.27. The number of thioether (sulfide) groups is 1. The molecule has 0 aliphatic rings. The standard InChI is InChI=1S/C11H16OS/c1-10(13-2)8-9-12-11-6-4-3-5-7-11/h3-7,10H,8-9H2,1-2H3. The quantitative estimate of drug-likeness (QED) is 0.715. The molecule has 72 valence electrons. The Morgan fingerprint density at radius 3 is 2.62 bits per heavy atom. The second-order valence-electron chi connectivity index (χ2n) is 3.00. The van der Waals surface area contributed by atoms with Crippen LogP contribution >= 0.6 is 11.8 Å². The Morgan fingerprint density at radius 1 is 1.31 bits per heavy atom. The minimum Gasteiger partial charge on any atom is -0.494 e. The van der Waals surface area contributed by atoms with Gasteiger partial charge in [0.15, 0.2) is 0 Å². The first-order chi connectivity index (χ1) is 6.33. The molecule has 0 bridgehead atoms. The molecule has 0 heterocycles. The van der Waals surface area contributed by atoms with Crippen molar-refractivity contribution in [2.45, 2.75) is 18.6 Å². The van der Waals surface area contributed by atoms with Gasteiger partial charge < -0.3 is 4.74 Å². The fraction of sp³-hybridized carbons (Fsp3) is 0.455. The summed E-state index contributed by atoms with van der Waals surface area (Å²) in [4.78, 5) is 0. The minimum absolute atomic E-state index is 0.684. The molecule has 0 aliphatic heterocycles. The second kappa shape index (κ2) is 5.92. The largest absolute Gasteiger partial charge is 0.494 e. The zero-order chi connectivity index (χ0) is 9.52. The first-order valence-corrected chi connectivity index (χ1v) is 5.82. The molecule has 1 nitrogen and oxygen atoms in total. The first-order valence-electron chi connectivity index (χ1n) is 4.53. The van der Waals surface area contributed by atoms with Crippen molar-refractivity contribution in [3.8, 4) is 5.75 Å². The third-order valence-corrected chi connectivity index (χ3v) is 2.98. The summed E-state index contributed by atoms with van der Waals surface area (Å²) >= 11 is 1.88. The van der Waals surface area contributed by atoms with Crippen molar-refractivity contribution in [2.75, 3.05) is 12.9 Å². The number of hydrogen-bond donors (Lipinski definition) is 0. The minimum atomic E-state index is 0.684. The Kier molecular flexibility index (Phi) is 4.76. The SMILES string of the molecule is CSC(C)CCOc1ccccc1. The molecular formula is C11H16OS. The van der Waals surface area contributed by atoms with Gasteiger partial charge in [0.25, 0.3) is 0 Å². The van der Waals surface area contributed by atoms with Crippen LogP contribution in [0, 0.1) is 0 Å². The topological polar surface area (TPSA) is 9.23 Å². The molecule has 1 rings (SSSR count). The molecule has 0 radical (unpaired) electrons. The van der Waals surface area contributed by atoms with Gasteiger partial charge in [0, 0.05) is 5.25 Å². The molecule has 0 spiro atoms. The van der Waals surface area contributed by atoms with Gasteiger partial charge in [-0.15, -0.1) is 0 Å². The predicted molar refractivity (Wildman–Crippen MR) is 59.5 cm³/mol. The number of ether oxygens (including phenoxy) is 1. The van der Waals surface area contributed by atoms with Crippen LogP contribution in [-0.4, -0.2) is 18.1 Å². The molecule has 1 aromatic carbocycles. The Hall–Kier alpha value is -0.630. The molecule has 1 unspecified atom stereocenters. The fourth-order valence-corrected chi connectivity index (χ4v) is 1.31. The number of rotatable bonds is 5. The highest BCUT2D eigenvalue weighted by Crippen LogP contribution is 2.12. The Balaban J connectivity index is 2.20. The van der Waals surface area contributed by atoms with Gasteiger partial charge in [0.1, 0.15) is 5.75 Å². The summed E-state index contributed by atoms with van der Waals surface area (Å²) < 4.78 is 5.57. The molecule has 0 saturated heterocycles. The lowest BCUT2D eigenvalue weighted by molar-refractivity contribution is 0.311. The summed E-state index contributed by atoms with van der Waals surface area (Å²) in [5.74, 6) is 0.968. The monoisotopic (exact) mass is 196 g/mol. The Morgan fingerprint density at radius 2 is 2.00 bits per heavy atom. The van der Waals surface area contributed by atoms with Crippen molar-refractivity contribution in [3.05, 3.63) is 30.3 Å². The molecule has 0 amide bonds. The molecule has 0 fully saturated rings. The van der Waals surface area contributed by atoms with E-state index in [1.54, 1.807) is 0 Å². The smallest absolute Gasteiger partial charge is 0.119 e. The summed E-state index contributed by atoms with van der Waals surface area (Å²) in [6, 6.07) is 9.96. The van der Waals surface area contributed by atoms with Crippen molar-refractivity contribution in [3.63, 3.8) is 0 Å². The molecule has 0 aromatic heterocycles. The van der Waals surface area contributed by atoms with Crippen molar-refractivity contribution in [1.82, 2.24) is 0 Å². The van der Waals surface area contributed by atoms with E-state index in [0.717, 1.165) is 18.8 Å². The molecule has 1 atom stereocenters. The van der Waals surface area contributed by atoms with E-state index in [4.69, 9.17) is 4.74 Å². The zero-order valence-electron chi connectivity index (χ0n) is 8.19. The van der Waals surface area contributed by atoms with Crippen molar-refractivity contribution in [1.29, 1.82) is 0 Å². The highest BCUT2D eigenvalue weighted by atomic mass is 32.2. The summed E-state index contributed by atoms with van der Waals surface area (Å²) in [7, 11) is 0. The molecule has 0 N–H and O–H groups in total. The predicted octanol–water partition coefficient (Wildman–Crippen LogP) is 3.21. The van der Waals surface area contributed by atoms with E-state index in [9.17, 15) is 0 Å². The van der Waals surface area contributed by atoms with Gasteiger partial charge in [0.05, 0.1) is 6.61 Å². The molecule has 0 aliphatic carbocycles. The summed E-state index contributed by atoms with van der Waals surface area (Å²) in [6.07, 6.45) is 3.24. The van der Waals surface area contributed by atoms with Crippen LogP contribution in [0.1, 0.15) is 13.3 Å². The van der Waals surface area contributed by atoms with Crippen LogP contribution in [0.15, 0.2) is 30.3 Å². The maximum absolute atomic E-state index is 5.57. The van der Waals surface area contributed by atoms with Crippen molar-refractivity contribution in [2.24, 2.45) is 0 Å². The molecule has 2 heteroatoms. The zero-order valence-corrected chi connectivity index (χ0v) is 9.01. The van der Waals surface area contributed by atoms with Crippen LogP contribution in [0.3, 0.4) is 0 Å². The van der Waals surface area contributed by atoms with E-state index in [2.05, 4.69) is 13.2 Å². The summed E-state index contributed by atoms with van der Waals surface area (Å²) in [5.41, 5.74) is 0.